The number of benzene rings is 2. The van der Waals surface area contributed by atoms with Crippen LogP contribution in [0.25, 0.3) is 0 Å². The molecule has 0 aliphatic rings. The van der Waals surface area contributed by atoms with Gasteiger partial charge < -0.3 is 15.2 Å². The summed E-state index contributed by atoms with van der Waals surface area (Å²) in [5, 5.41) is 0.501. The Kier molecular flexibility index (Phi) is 5.29. The topological polar surface area (TPSA) is 61.5 Å². The van der Waals surface area contributed by atoms with Crippen molar-refractivity contribution in [3.63, 3.8) is 0 Å². The van der Waals surface area contributed by atoms with E-state index >= 15 is 0 Å². The number of primary amides is 1. The van der Waals surface area contributed by atoms with E-state index in [0.717, 1.165) is 11.3 Å². The Morgan fingerprint density at radius 1 is 1.22 bits per heavy atom. The van der Waals surface area contributed by atoms with E-state index < -0.39 is 11.5 Å². The van der Waals surface area contributed by atoms with Gasteiger partial charge >= 0.3 is 0 Å². The van der Waals surface area contributed by atoms with E-state index in [-0.39, 0.29) is 6.61 Å². The fourth-order valence-corrected chi connectivity index (χ4v) is 2.59. The van der Waals surface area contributed by atoms with Gasteiger partial charge in [-0.05, 0) is 31.5 Å². The zero-order chi connectivity index (χ0) is 17.0. The van der Waals surface area contributed by atoms with Crippen molar-refractivity contribution in [2.24, 2.45) is 5.73 Å². The molecule has 0 radical (unpaired) electrons. The zero-order valence-electron chi connectivity index (χ0n) is 13.4. The Morgan fingerprint density at radius 2 is 1.91 bits per heavy atom. The molecule has 0 saturated carbocycles. The van der Waals surface area contributed by atoms with Gasteiger partial charge in [0.2, 0.25) is 0 Å². The van der Waals surface area contributed by atoms with Crippen molar-refractivity contribution in [3.05, 3.63) is 64.2 Å². The molecule has 0 saturated heterocycles. The number of hydrogen-bond acceptors (Lipinski definition) is 3. The number of carbonyl (C=O) groups is 1. The van der Waals surface area contributed by atoms with Crippen LogP contribution in [0.3, 0.4) is 0 Å². The SMILES string of the molecule is COC(C)(C(N)=O)c1cccc(Cl)c1COc1ccccc1C. The Hall–Kier alpha value is -2.04. The average Bonchev–Trinajstić information content (AvgIpc) is 2.54. The third-order valence-corrected chi connectivity index (χ3v) is 4.33. The number of ether oxygens (including phenoxy) is 2. The molecule has 2 N–H and O–H groups in total. The number of aryl methyl sites for hydroxylation is 1. The van der Waals surface area contributed by atoms with E-state index in [4.69, 9.17) is 26.8 Å². The van der Waals surface area contributed by atoms with Gasteiger partial charge in [0, 0.05) is 23.3 Å². The summed E-state index contributed by atoms with van der Waals surface area (Å²) in [5.74, 6) is 0.177. The maximum atomic E-state index is 11.9. The first-order valence-electron chi connectivity index (χ1n) is 7.21. The van der Waals surface area contributed by atoms with Crippen molar-refractivity contribution in [2.75, 3.05) is 7.11 Å². The predicted molar refractivity (Wildman–Crippen MR) is 90.5 cm³/mol. The molecular formula is C18H20ClNO3. The molecule has 5 heteroatoms. The molecule has 0 fully saturated rings. The highest BCUT2D eigenvalue weighted by Crippen LogP contribution is 2.32. The Balaban J connectivity index is 2.39. The lowest BCUT2D eigenvalue weighted by molar-refractivity contribution is -0.139. The summed E-state index contributed by atoms with van der Waals surface area (Å²) in [6.45, 7) is 3.80. The predicted octanol–water partition coefficient (Wildman–Crippen LogP) is 3.57. The van der Waals surface area contributed by atoms with Crippen molar-refractivity contribution in [3.8, 4) is 5.75 Å². The highest BCUT2D eigenvalue weighted by molar-refractivity contribution is 6.31. The Labute approximate surface area is 141 Å². The first-order chi connectivity index (χ1) is 10.9. The van der Waals surface area contributed by atoms with Gasteiger partial charge in [-0.25, -0.2) is 0 Å². The maximum absolute atomic E-state index is 11.9. The molecule has 0 aliphatic carbocycles. The molecule has 0 heterocycles. The molecule has 1 atom stereocenters. The molecule has 1 amide bonds. The lowest BCUT2D eigenvalue weighted by Crippen LogP contribution is -2.41. The van der Waals surface area contributed by atoms with Crippen LogP contribution >= 0.6 is 11.6 Å². The zero-order valence-corrected chi connectivity index (χ0v) is 14.2. The van der Waals surface area contributed by atoms with Gasteiger partial charge in [0.25, 0.3) is 5.91 Å². The van der Waals surface area contributed by atoms with Crippen molar-refractivity contribution in [1.82, 2.24) is 0 Å². The lowest BCUT2D eigenvalue weighted by Gasteiger charge is -2.28. The highest BCUT2D eigenvalue weighted by Gasteiger charge is 2.36. The second kappa shape index (κ2) is 7.02. The average molecular weight is 334 g/mol. The molecule has 0 aromatic heterocycles. The van der Waals surface area contributed by atoms with E-state index in [0.29, 0.717) is 16.1 Å². The van der Waals surface area contributed by atoms with Gasteiger partial charge in [-0.15, -0.1) is 0 Å². The van der Waals surface area contributed by atoms with Crippen LogP contribution in [0.4, 0.5) is 0 Å². The van der Waals surface area contributed by atoms with E-state index in [1.54, 1.807) is 25.1 Å². The van der Waals surface area contributed by atoms with Crippen LogP contribution in [0.5, 0.6) is 5.75 Å². The van der Waals surface area contributed by atoms with Crippen LogP contribution in [-0.4, -0.2) is 13.0 Å². The number of halogens is 1. The van der Waals surface area contributed by atoms with Crippen LogP contribution in [0, 0.1) is 6.92 Å². The number of hydrogen-bond donors (Lipinski definition) is 1. The first kappa shape index (κ1) is 17.3. The first-order valence-corrected chi connectivity index (χ1v) is 7.59. The van der Waals surface area contributed by atoms with Gasteiger partial charge in [-0.3, -0.25) is 4.79 Å². The standard InChI is InChI=1S/C18H20ClNO3/c1-12-7-4-5-10-16(12)23-11-13-14(8-6-9-15(13)19)18(2,22-3)17(20)21/h4-10H,11H2,1-3H3,(H2,20,21). The number of para-hydroxylation sites is 1. The summed E-state index contributed by atoms with van der Waals surface area (Å²) in [4.78, 5) is 11.9. The van der Waals surface area contributed by atoms with Gasteiger partial charge in [0.15, 0.2) is 5.60 Å². The summed E-state index contributed by atoms with van der Waals surface area (Å²) >= 11 is 6.32. The molecule has 4 nitrogen and oxygen atoms in total. The van der Waals surface area contributed by atoms with E-state index in [2.05, 4.69) is 0 Å². The number of nitrogens with two attached hydrogens (primary N) is 1. The molecule has 122 valence electrons. The number of amides is 1. The molecule has 1 unspecified atom stereocenters. The van der Waals surface area contributed by atoms with Crippen molar-refractivity contribution >= 4 is 17.5 Å². The maximum Gasteiger partial charge on any atom is 0.254 e. The molecule has 2 rings (SSSR count). The monoisotopic (exact) mass is 333 g/mol. The second-order valence-electron chi connectivity index (χ2n) is 5.42. The van der Waals surface area contributed by atoms with Gasteiger partial charge in [-0.2, -0.15) is 0 Å². The van der Waals surface area contributed by atoms with Crippen molar-refractivity contribution in [1.29, 1.82) is 0 Å². The highest BCUT2D eigenvalue weighted by atomic mass is 35.5. The second-order valence-corrected chi connectivity index (χ2v) is 5.83. The third-order valence-electron chi connectivity index (χ3n) is 3.98. The molecule has 2 aromatic carbocycles. The minimum Gasteiger partial charge on any atom is -0.489 e. The minimum atomic E-state index is -1.27. The molecule has 2 aromatic rings. The fourth-order valence-electron chi connectivity index (χ4n) is 2.36. The van der Waals surface area contributed by atoms with Crippen LogP contribution in [0.1, 0.15) is 23.6 Å². The summed E-state index contributed by atoms with van der Waals surface area (Å²) < 4.78 is 11.2. The Morgan fingerprint density at radius 3 is 2.52 bits per heavy atom. The lowest BCUT2D eigenvalue weighted by atomic mass is 9.90. The van der Waals surface area contributed by atoms with Gasteiger partial charge in [-0.1, -0.05) is 41.9 Å². The molecular weight excluding hydrogens is 314 g/mol. The third kappa shape index (κ3) is 3.49. The van der Waals surface area contributed by atoms with Gasteiger partial charge in [0.05, 0.1) is 0 Å². The summed E-state index contributed by atoms with van der Waals surface area (Å²) in [5.41, 5.74) is 6.55. The van der Waals surface area contributed by atoms with E-state index in [1.807, 2.05) is 31.2 Å². The fraction of sp³-hybridized carbons (Fsp3) is 0.278. The van der Waals surface area contributed by atoms with E-state index in [9.17, 15) is 4.79 Å². The van der Waals surface area contributed by atoms with Gasteiger partial charge in [0.1, 0.15) is 12.4 Å². The van der Waals surface area contributed by atoms with Crippen molar-refractivity contribution < 1.29 is 14.3 Å². The Bertz CT molecular complexity index is 717. The largest absolute Gasteiger partial charge is 0.489 e. The number of rotatable bonds is 6. The van der Waals surface area contributed by atoms with Crippen molar-refractivity contribution in [2.45, 2.75) is 26.1 Å². The summed E-state index contributed by atoms with van der Waals surface area (Å²) in [6, 6.07) is 13.0. The molecule has 0 bridgehead atoms. The van der Waals surface area contributed by atoms with Crippen LogP contribution in [0.2, 0.25) is 5.02 Å². The number of carbonyl (C=O) groups excluding carboxylic acids is 1. The molecule has 23 heavy (non-hydrogen) atoms. The molecule has 0 spiro atoms. The number of methoxy groups -OCH3 is 1. The normalized spacial score (nSPS) is 13.4. The van der Waals surface area contributed by atoms with E-state index in [1.165, 1.54) is 7.11 Å². The smallest absolute Gasteiger partial charge is 0.254 e. The quantitative estimate of drug-likeness (QED) is 0.879. The summed E-state index contributed by atoms with van der Waals surface area (Å²) in [6.07, 6.45) is 0. The van der Waals surface area contributed by atoms with Crippen LogP contribution < -0.4 is 10.5 Å². The van der Waals surface area contributed by atoms with Crippen LogP contribution in [0.15, 0.2) is 42.5 Å². The molecule has 0 aliphatic heterocycles. The minimum absolute atomic E-state index is 0.214. The summed E-state index contributed by atoms with van der Waals surface area (Å²) in [7, 11) is 1.44. The van der Waals surface area contributed by atoms with Crippen LogP contribution in [-0.2, 0) is 21.7 Å².